The first-order valence-corrected chi connectivity index (χ1v) is 10.9. The lowest BCUT2D eigenvalue weighted by molar-refractivity contribution is -0.366. The molecule has 8 atom stereocenters. The zero-order valence-corrected chi connectivity index (χ0v) is 17.9. The second kappa shape index (κ2) is 9.94. The smallest absolute Gasteiger partial charge is 0.280 e. The highest BCUT2D eigenvalue weighted by Gasteiger charge is 2.51. The first-order valence-electron chi connectivity index (χ1n) is 10.9. The van der Waals surface area contributed by atoms with Gasteiger partial charge in [-0.3, -0.25) is 4.79 Å². The Kier molecular flexibility index (Phi) is 7.93. The van der Waals surface area contributed by atoms with E-state index in [2.05, 4.69) is 13.8 Å². The summed E-state index contributed by atoms with van der Waals surface area (Å²) < 4.78 is 16.9. The van der Waals surface area contributed by atoms with Crippen LogP contribution < -0.4 is 0 Å². The van der Waals surface area contributed by atoms with Crippen LogP contribution >= 0.6 is 0 Å². The van der Waals surface area contributed by atoms with E-state index >= 15 is 0 Å². The fraction of sp³-hybridized carbons (Fsp3) is 0.950. The van der Waals surface area contributed by atoms with Gasteiger partial charge in [0.15, 0.2) is 12.5 Å². The number of nitrogens with zero attached hydrogens (tertiary/aromatic N) is 1. The number of aliphatic hydroxyl groups is 6. The van der Waals surface area contributed by atoms with E-state index in [4.69, 9.17) is 14.2 Å². The van der Waals surface area contributed by atoms with E-state index in [-0.39, 0.29) is 31.3 Å². The second-order valence-corrected chi connectivity index (χ2v) is 9.30. The van der Waals surface area contributed by atoms with E-state index in [1.807, 2.05) is 0 Å². The quantitative estimate of drug-likeness (QED) is 0.241. The molecular weight excluding hydrogens is 414 g/mol. The molecule has 0 aromatic heterocycles. The van der Waals surface area contributed by atoms with E-state index in [9.17, 15) is 35.4 Å². The average molecular weight is 449 g/mol. The first kappa shape index (κ1) is 24.7. The number of rotatable bonds is 7. The number of carbonyl (C=O) groups excluding carboxylic acids is 1. The van der Waals surface area contributed by atoms with Crippen LogP contribution in [0.3, 0.4) is 0 Å². The van der Waals surface area contributed by atoms with E-state index in [0.29, 0.717) is 18.9 Å². The van der Waals surface area contributed by atoms with E-state index in [1.165, 1.54) is 4.90 Å². The van der Waals surface area contributed by atoms with E-state index in [0.717, 1.165) is 6.42 Å². The van der Waals surface area contributed by atoms with Crippen LogP contribution in [0, 0.1) is 17.8 Å². The molecule has 0 aromatic carbocycles. The Balaban J connectivity index is 1.61. The van der Waals surface area contributed by atoms with Crippen molar-refractivity contribution in [3.63, 3.8) is 0 Å². The topological polar surface area (TPSA) is 169 Å². The Hall–Kier alpha value is -0.890. The maximum Gasteiger partial charge on any atom is 0.280 e. The number of carbonyl (C=O) groups is 1. The summed E-state index contributed by atoms with van der Waals surface area (Å²) in [4.78, 5) is 13.9. The number of hydrogen-bond donors (Lipinski definition) is 6. The molecule has 0 bridgehead atoms. The molecule has 3 aliphatic rings. The summed E-state index contributed by atoms with van der Waals surface area (Å²) in [6.45, 7) is 3.86. The summed E-state index contributed by atoms with van der Waals surface area (Å²) in [6, 6.07) is 0. The van der Waals surface area contributed by atoms with Gasteiger partial charge >= 0.3 is 0 Å². The summed E-state index contributed by atoms with van der Waals surface area (Å²) in [5.74, 6) is -3.37. The van der Waals surface area contributed by atoms with Gasteiger partial charge in [-0.2, -0.15) is 0 Å². The summed E-state index contributed by atoms with van der Waals surface area (Å²) in [6.07, 6.45) is -5.37. The van der Waals surface area contributed by atoms with Crippen LogP contribution in [0.4, 0.5) is 0 Å². The molecular formula is C20H35NO10. The van der Waals surface area contributed by atoms with Gasteiger partial charge in [0.2, 0.25) is 5.91 Å². The van der Waals surface area contributed by atoms with Gasteiger partial charge in [-0.05, 0) is 31.1 Å². The van der Waals surface area contributed by atoms with Crippen LogP contribution in [0.25, 0.3) is 0 Å². The molecule has 3 aliphatic heterocycles. The average Bonchev–Trinajstić information content (AvgIpc) is 3.04. The maximum absolute atomic E-state index is 12.5. The van der Waals surface area contributed by atoms with Gasteiger partial charge in [0.05, 0.1) is 19.1 Å². The van der Waals surface area contributed by atoms with Crippen molar-refractivity contribution in [2.45, 2.75) is 82.4 Å². The van der Waals surface area contributed by atoms with Crippen LogP contribution in [-0.2, 0) is 19.0 Å². The molecule has 3 heterocycles. The zero-order valence-electron chi connectivity index (χ0n) is 17.9. The molecule has 3 saturated heterocycles. The van der Waals surface area contributed by atoms with Crippen molar-refractivity contribution in [1.29, 1.82) is 0 Å². The standard InChI is InChI=1S/C20H35NO10/c1-10(2)5-11-6-14(23)21(7-11)19-17(25)16(24)18(13(8-22)30-19)31-15-4-3-12(9-29-15)20(26,27)28/h10-13,15-19,22,24-28H,3-9H2,1-2H3. The van der Waals surface area contributed by atoms with Crippen molar-refractivity contribution in [2.75, 3.05) is 19.8 Å². The first-order chi connectivity index (χ1) is 14.5. The maximum atomic E-state index is 12.5. The fourth-order valence-corrected chi connectivity index (χ4v) is 4.69. The molecule has 11 nitrogen and oxygen atoms in total. The minimum atomic E-state index is -2.86. The molecule has 1 amide bonds. The van der Waals surface area contributed by atoms with Crippen molar-refractivity contribution in [3.8, 4) is 0 Å². The lowest BCUT2D eigenvalue weighted by atomic mass is 9.95. The van der Waals surface area contributed by atoms with Crippen LogP contribution in [0.1, 0.15) is 39.5 Å². The highest BCUT2D eigenvalue weighted by atomic mass is 16.7. The largest absolute Gasteiger partial charge is 0.394 e. The summed E-state index contributed by atoms with van der Waals surface area (Å²) in [5.41, 5.74) is 0. The third kappa shape index (κ3) is 5.73. The van der Waals surface area contributed by atoms with Gasteiger partial charge in [-0.1, -0.05) is 13.8 Å². The summed E-state index contributed by atoms with van der Waals surface area (Å²) in [7, 11) is 0. The van der Waals surface area contributed by atoms with Crippen molar-refractivity contribution in [1.82, 2.24) is 4.90 Å². The molecule has 11 heteroatoms. The third-order valence-corrected chi connectivity index (χ3v) is 6.28. The molecule has 0 spiro atoms. The molecule has 3 fully saturated rings. The van der Waals surface area contributed by atoms with Crippen LogP contribution in [0.2, 0.25) is 0 Å². The van der Waals surface area contributed by atoms with Crippen molar-refractivity contribution in [2.24, 2.45) is 17.8 Å². The van der Waals surface area contributed by atoms with Crippen molar-refractivity contribution < 1.29 is 49.6 Å². The number of ether oxygens (including phenoxy) is 3. The Bertz CT molecular complexity index is 601. The van der Waals surface area contributed by atoms with Gasteiger partial charge in [0.1, 0.15) is 24.4 Å². The highest BCUT2D eigenvalue weighted by Crippen LogP contribution is 2.34. The number of amides is 1. The fourth-order valence-electron chi connectivity index (χ4n) is 4.69. The molecule has 6 N–H and O–H groups in total. The molecule has 3 rings (SSSR count). The molecule has 0 saturated carbocycles. The Morgan fingerprint density at radius 3 is 2.45 bits per heavy atom. The van der Waals surface area contributed by atoms with Crippen LogP contribution in [-0.4, -0.2) is 104 Å². The van der Waals surface area contributed by atoms with Gasteiger partial charge in [0, 0.05) is 13.0 Å². The van der Waals surface area contributed by atoms with Gasteiger partial charge in [-0.15, -0.1) is 0 Å². The van der Waals surface area contributed by atoms with Crippen LogP contribution in [0.15, 0.2) is 0 Å². The van der Waals surface area contributed by atoms with Crippen molar-refractivity contribution >= 4 is 5.91 Å². The minimum absolute atomic E-state index is 0.141. The third-order valence-electron chi connectivity index (χ3n) is 6.28. The lowest BCUT2D eigenvalue weighted by Gasteiger charge is -2.46. The van der Waals surface area contributed by atoms with Crippen molar-refractivity contribution in [3.05, 3.63) is 0 Å². The number of hydrogen-bond acceptors (Lipinski definition) is 10. The Labute approximate surface area is 181 Å². The number of likely N-dealkylation sites (tertiary alicyclic amines) is 1. The van der Waals surface area contributed by atoms with Crippen LogP contribution in [0.5, 0.6) is 0 Å². The lowest BCUT2D eigenvalue weighted by Crippen LogP contribution is -2.64. The minimum Gasteiger partial charge on any atom is -0.394 e. The van der Waals surface area contributed by atoms with Gasteiger partial charge in [-0.25, -0.2) is 0 Å². The summed E-state index contributed by atoms with van der Waals surface area (Å²) >= 11 is 0. The Morgan fingerprint density at radius 1 is 1.19 bits per heavy atom. The zero-order chi connectivity index (χ0) is 22.9. The summed E-state index contributed by atoms with van der Waals surface area (Å²) in [5, 5.41) is 59.0. The number of aliphatic hydroxyl groups excluding tert-OH is 3. The van der Waals surface area contributed by atoms with Gasteiger partial charge in [0.25, 0.3) is 5.97 Å². The predicted molar refractivity (Wildman–Crippen MR) is 104 cm³/mol. The second-order valence-electron chi connectivity index (χ2n) is 9.30. The monoisotopic (exact) mass is 449 g/mol. The molecule has 180 valence electrons. The van der Waals surface area contributed by atoms with E-state index in [1.54, 1.807) is 0 Å². The SMILES string of the molecule is CC(C)CC1CC(=O)N(C2OC(CO)C(OC3CCC(C(O)(O)O)CO3)C(O)C2O)C1. The van der Waals surface area contributed by atoms with E-state index < -0.39 is 55.4 Å². The molecule has 0 aliphatic carbocycles. The highest BCUT2D eigenvalue weighted by molar-refractivity contribution is 5.79. The Morgan fingerprint density at radius 2 is 1.90 bits per heavy atom. The molecule has 0 aromatic rings. The molecule has 8 unspecified atom stereocenters. The molecule has 31 heavy (non-hydrogen) atoms. The molecule has 0 radical (unpaired) electrons. The predicted octanol–water partition coefficient (Wildman–Crippen LogP) is -1.91. The van der Waals surface area contributed by atoms with Gasteiger partial charge < -0.3 is 49.7 Å². The normalized spacial score (nSPS) is 40.0.